The van der Waals surface area contributed by atoms with Crippen LogP contribution in [0.15, 0.2) is 6.20 Å². The zero-order valence-electron chi connectivity index (χ0n) is 12.8. The summed E-state index contributed by atoms with van der Waals surface area (Å²) in [6.07, 6.45) is 3.65. The highest BCUT2D eigenvalue weighted by Gasteiger charge is 2.23. The van der Waals surface area contributed by atoms with E-state index in [0.29, 0.717) is 29.9 Å². The maximum absolute atomic E-state index is 12.5. The minimum atomic E-state index is -0.158. The summed E-state index contributed by atoms with van der Waals surface area (Å²) in [6, 6.07) is 0. The topological polar surface area (TPSA) is 55.3 Å². The Labute approximate surface area is 130 Å². The molecule has 1 saturated heterocycles. The molecular weight excluding hydrogens is 290 g/mol. The molecule has 0 aliphatic carbocycles. The van der Waals surface area contributed by atoms with Gasteiger partial charge in [0.05, 0.1) is 17.8 Å². The smallest absolute Gasteiger partial charge is 0.273 e. The Bertz CT molecular complexity index is 502. The van der Waals surface area contributed by atoms with Crippen LogP contribution in [0.5, 0.6) is 0 Å². The number of hydrogen-bond donors (Lipinski definition) is 0. The van der Waals surface area contributed by atoms with E-state index in [1.54, 1.807) is 11.9 Å². The van der Waals surface area contributed by atoms with Crippen molar-refractivity contribution >= 4 is 17.5 Å². The highest BCUT2D eigenvalue weighted by Crippen LogP contribution is 2.19. The minimum Gasteiger partial charge on any atom is -0.381 e. The molecule has 0 spiro atoms. The lowest BCUT2D eigenvalue weighted by Crippen LogP contribution is -2.35. The zero-order chi connectivity index (χ0) is 15.4. The molecule has 0 bridgehead atoms. The van der Waals surface area contributed by atoms with E-state index in [1.807, 2.05) is 13.8 Å². The molecule has 21 heavy (non-hydrogen) atoms. The molecule has 1 amide bonds. The first-order valence-electron chi connectivity index (χ1n) is 7.34. The molecule has 116 valence electrons. The summed E-state index contributed by atoms with van der Waals surface area (Å²) in [6.45, 7) is 6.17. The molecule has 0 saturated carbocycles. The lowest BCUT2D eigenvalue weighted by molar-refractivity contribution is 0.0386. The third-order valence-electron chi connectivity index (χ3n) is 3.62. The number of hydrogen-bond acceptors (Lipinski definition) is 4. The molecule has 6 heteroatoms. The van der Waals surface area contributed by atoms with E-state index in [9.17, 15) is 4.79 Å². The van der Waals surface area contributed by atoms with Crippen molar-refractivity contribution in [2.24, 2.45) is 5.92 Å². The zero-order valence-corrected chi connectivity index (χ0v) is 13.6. The number of nitrogens with zero attached hydrogens (tertiary/aromatic N) is 3. The highest BCUT2D eigenvalue weighted by atomic mass is 35.5. The van der Waals surface area contributed by atoms with E-state index in [4.69, 9.17) is 16.3 Å². The van der Waals surface area contributed by atoms with Gasteiger partial charge in [-0.1, -0.05) is 25.4 Å². The first kappa shape index (κ1) is 16.2. The predicted molar refractivity (Wildman–Crippen MR) is 81.6 cm³/mol. The van der Waals surface area contributed by atoms with Crippen LogP contribution < -0.4 is 0 Å². The quantitative estimate of drug-likeness (QED) is 0.858. The Hall–Kier alpha value is -1.20. The van der Waals surface area contributed by atoms with Gasteiger partial charge in [0.2, 0.25) is 0 Å². The van der Waals surface area contributed by atoms with Gasteiger partial charge in [-0.15, -0.1) is 0 Å². The fraction of sp³-hybridized carbons (Fsp3) is 0.667. The maximum atomic E-state index is 12.5. The minimum absolute atomic E-state index is 0.158. The van der Waals surface area contributed by atoms with Gasteiger partial charge in [0.1, 0.15) is 5.82 Å². The maximum Gasteiger partial charge on any atom is 0.273 e. The second-order valence-electron chi connectivity index (χ2n) is 5.85. The van der Waals surface area contributed by atoms with Crippen molar-refractivity contribution in [2.45, 2.75) is 32.6 Å². The fourth-order valence-electron chi connectivity index (χ4n) is 2.41. The van der Waals surface area contributed by atoms with Gasteiger partial charge in [-0.3, -0.25) is 4.79 Å². The number of ether oxygens (including phenoxy) is 1. The van der Waals surface area contributed by atoms with Gasteiger partial charge in [-0.2, -0.15) is 0 Å². The van der Waals surface area contributed by atoms with Crippen LogP contribution in [0, 0.1) is 5.92 Å². The summed E-state index contributed by atoms with van der Waals surface area (Å²) in [5, 5.41) is 0.302. The Balaban J connectivity index is 2.09. The normalized spacial score (nSPS) is 18.8. The molecule has 2 rings (SSSR count). The summed E-state index contributed by atoms with van der Waals surface area (Å²) in [5.74, 6) is 1.02. The molecule has 0 N–H and O–H groups in total. The standard InChI is InChI=1S/C15H22ClN3O2/c1-10(2)14-17-7-12(16)13(18-14)15(20)19(3)8-11-5-4-6-21-9-11/h7,10-11H,4-6,8-9H2,1-3H3. The fourth-order valence-corrected chi connectivity index (χ4v) is 2.58. The molecule has 1 aromatic heterocycles. The van der Waals surface area contributed by atoms with Crippen molar-refractivity contribution in [1.82, 2.24) is 14.9 Å². The van der Waals surface area contributed by atoms with Gasteiger partial charge >= 0.3 is 0 Å². The summed E-state index contributed by atoms with van der Waals surface area (Å²) < 4.78 is 5.45. The molecule has 1 aliphatic rings. The first-order valence-corrected chi connectivity index (χ1v) is 7.72. The van der Waals surface area contributed by atoms with Crippen molar-refractivity contribution in [2.75, 3.05) is 26.8 Å². The van der Waals surface area contributed by atoms with E-state index < -0.39 is 0 Å². The number of amides is 1. The Kier molecular flexibility index (Phi) is 5.53. The van der Waals surface area contributed by atoms with Gasteiger partial charge in [0, 0.05) is 26.1 Å². The van der Waals surface area contributed by atoms with E-state index >= 15 is 0 Å². The van der Waals surface area contributed by atoms with Gasteiger partial charge < -0.3 is 9.64 Å². The van der Waals surface area contributed by atoms with Crippen molar-refractivity contribution in [3.8, 4) is 0 Å². The van der Waals surface area contributed by atoms with E-state index in [2.05, 4.69) is 9.97 Å². The number of carbonyl (C=O) groups is 1. The lowest BCUT2D eigenvalue weighted by atomic mass is 10.0. The summed E-state index contributed by atoms with van der Waals surface area (Å²) in [4.78, 5) is 22.7. The van der Waals surface area contributed by atoms with Crippen molar-refractivity contribution in [1.29, 1.82) is 0 Å². The van der Waals surface area contributed by atoms with Crippen LogP contribution in [-0.2, 0) is 4.74 Å². The second-order valence-corrected chi connectivity index (χ2v) is 6.26. The van der Waals surface area contributed by atoms with E-state index in [1.165, 1.54) is 6.20 Å². The van der Waals surface area contributed by atoms with E-state index in [-0.39, 0.29) is 17.5 Å². The van der Waals surface area contributed by atoms with Gasteiger partial charge in [-0.05, 0) is 18.8 Å². The molecule has 0 radical (unpaired) electrons. The SMILES string of the molecule is CC(C)c1ncc(Cl)c(C(=O)N(C)CC2CCCOC2)n1. The average Bonchev–Trinajstić information content (AvgIpc) is 2.47. The summed E-state index contributed by atoms with van der Waals surface area (Å²) in [7, 11) is 1.78. The Morgan fingerprint density at radius 1 is 1.57 bits per heavy atom. The summed E-state index contributed by atoms with van der Waals surface area (Å²) >= 11 is 6.09. The van der Waals surface area contributed by atoms with Crippen LogP contribution in [0.4, 0.5) is 0 Å². The average molecular weight is 312 g/mol. The van der Waals surface area contributed by atoms with Crippen molar-refractivity contribution < 1.29 is 9.53 Å². The largest absolute Gasteiger partial charge is 0.381 e. The molecule has 2 heterocycles. The molecule has 1 aromatic rings. The lowest BCUT2D eigenvalue weighted by Gasteiger charge is -2.27. The Morgan fingerprint density at radius 3 is 2.95 bits per heavy atom. The van der Waals surface area contributed by atoms with Crippen LogP contribution >= 0.6 is 11.6 Å². The monoisotopic (exact) mass is 311 g/mol. The second kappa shape index (κ2) is 7.18. The van der Waals surface area contributed by atoms with Gasteiger partial charge in [-0.25, -0.2) is 9.97 Å². The number of carbonyl (C=O) groups excluding carboxylic acids is 1. The number of aromatic nitrogens is 2. The number of rotatable bonds is 4. The molecule has 1 fully saturated rings. The van der Waals surface area contributed by atoms with Crippen LogP contribution in [0.2, 0.25) is 5.02 Å². The third kappa shape index (κ3) is 4.14. The molecule has 1 atom stereocenters. The van der Waals surface area contributed by atoms with Crippen LogP contribution in [0.3, 0.4) is 0 Å². The molecule has 5 nitrogen and oxygen atoms in total. The third-order valence-corrected chi connectivity index (χ3v) is 3.89. The van der Waals surface area contributed by atoms with Gasteiger partial charge in [0.25, 0.3) is 5.91 Å². The van der Waals surface area contributed by atoms with Crippen LogP contribution in [0.25, 0.3) is 0 Å². The van der Waals surface area contributed by atoms with Crippen LogP contribution in [0.1, 0.15) is 48.9 Å². The molecule has 1 aliphatic heterocycles. The molecular formula is C15H22ClN3O2. The predicted octanol–water partition coefficient (Wildman–Crippen LogP) is 2.75. The first-order chi connectivity index (χ1) is 9.99. The van der Waals surface area contributed by atoms with Crippen molar-refractivity contribution in [3.63, 3.8) is 0 Å². The Morgan fingerprint density at radius 2 is 2.33 bits per heavy atom. The van der Waals surface area contributed by atoms with E-state index in [0.717, 1.165) is 19.4 Å². The number of halogens is 1. The molecule has 1 unspecified atom stereocenters. The van der Waals surface area contributed by atoms with Crippen LogP contribution in [-0.4, -0.2) is 47.6 Å². The highest BCUT2D eigenvalue weighted by molar-refractivity contribution is 6.33. The molecule has 0 aromatic carbocycles. The summed E-state index contributed by atoms with van der Waals surface area (Å²) in [5.41, 5.74) is 0.287. The van der Waals surface area contributed by atoms with Gasteiger partial charge in [0.15, 0.2) is 5.69 Å². The van der Waals surface area contributed by atoms with Crippen molar-refractivity contribution in [3.05, 3.63) is 22.7 Å².